The van der Waals surface area contributed by atoms with Crippen LogP contribution in [-0.2, 0) is 19.0 Å². The maximum Gasteiger partial charge on any atom is 0.320 e. The van der Waals surface area contributed by atoms with E-state index in [-0.39, 0.29) is 12.7 Å². The standard InChI is InChI=1S/C10H11NO4/c1-13-8-3-6-7(4-9(8)14-2)11-5-15-10(6)12/h3-4,6H,5H2,1-2H3. The van der Waals surface area contributed by atoms with Crippen LogP contribution >= 0.6 is 0 Å². The van der Waals surface area contributed by atoms with Crippen LogP contribution in [0.4, 0.5) is 0 Å². The number of hydrogen-bond acceptors (Lipinski definition) is 5. The molecule has 0 saturated carbocycles. The van der Waals surface area contributed by atoms with Crippen molar-refractivity contribution >= 4 is 11.7 Å². The molecule has 0 amide bonds. The molecule has 0 aromatic carbocycles. The van der Waals surface area contributed by atoms with Crippen LogP contribution in [0.2, 0.25) is 0 Å². The van der Waals surface area contributed by atoms with Gasteiger partial charge in [-0.05, 0) is 6.08 Å². The predicted molar refractivity (Wildman–Crippen MR) is 52.1 cm³/mol. The quantitative estimate of drug-likeness (QED) is 0.626. The van der Waals surface area contributed by atoms with Gasteiger partial charge in [0.2, 0.25) is 0 Å². The Morgan fingerprint density at radius 1 is 1.40 bits per heavy atom. The number of carbonyl (C=O) groups is 1. The van der Waals surface area contributed by atoms with Crippen molar-refractivity contribution in [2.45, 2.75) is 0 Å². The first-order valence-electron chi connectivity index (χ1n) is 4.49. The molecule has 1 unspecified atom stereocenters. The van der Waals surface area contributed by atoms with Gasteiger partial charge < -0.3 is 14.2 Å². The molecule has 5 nitrogen and oxygen atoms in total. The van der Waals surface area contributed by atoms with Crippen molar-refractivity contribution in [3.8, 4) is 0 Å². The second kappa shape index (κ2) is 3.76. The van der Waals surface area contributed by atoms with Gasteiger partial charge >= 0.3 is 5.97 Å². The largest absolute Gasteiger partial charge is 0.493 e. The Kier molecular flexibility index (Phi) is 2.45. The fourth-order valence-electron chi connectivity index (χ4n) is 1.54. The number of cyclic esters (lactones) is 1. The maximum atomic E-state index is 11.4. The first-order chi connectivity index (χ1) is 7.26. The molecule has 1 heterocycles. The average molecular weight is 209 g/mol. The topological polar surface area (TPSA) is 57.1 Å². The molecule has 0 saturated heterocycles. The van der Waals surface area contributed by atoms with E-state index in [0.717, 1.165) is 0 Å². The molecule has 1 atom stereocenters. The van der Waals surface area contributed by atoms with Gasteiger partial charge in [-0.2, -0.15) is 0 Å². The lowest BCUT2D eigenvalue weighted by atomic mass is 9.96. The SMILES string of the molecule is COC1=CC2=NCOC(=O)C2C=C1OC. The normalized spacial score (nSPS) is 24.3. The summed E-state index contributed by atoms with van der Waals surface area (Å²) >= 11 is 0. The van der Waals surface area contributed by atoms with Crippen LogP contribution in [-0.4, -0.2) is 32.6 Å². The van der Waals surface area contributed by atoms with E-state index in [0.29, 0.717) is 17.2 Å². The van der Waals surface area contributed by atoms with Gasteiger partial charge in [-0.15, -0.1) is 0 Å². The van der Waals surface area contributed by atoms with Gasteiger partial charge in [0.25, 0.3) is 0 Å². The van der Waals surface area contributed by atoms with E-state index in [1.54, 1.807) is 19.3 Å². The number of fused-ring (bicyclic) bond motifs is 1. The molecule has 2 aliphatic rings. The summed E-state index contributed by atoms with van der Waals surface area (Å²) in [6.45, 7) is 0.0777. The second-order valence-corrected chi connectivity index (χ2v) is 3.10. The third kappa shape index (κ3) is 1.60. The number of esters is 1. The number of nitrogens with zero attached hydrogens (tertiary/aromatic N) is 1. The Labute approximate surface area is 87.0 Å². The molecule has 0 spiro atoms. The van der Waals surface area contributed by atoms with Gasteiger partial charge in [-0.3, -0.25) is 4.79 Å². The number of methoxy groups -OCH3 is 2. The van der Waals surface area contributed by atoms with Crippen LogP contribution in [0.15, 0.2) is 28.7 Å². The van der Waals surface area contributed by atoms with E-state index in [9.17, 15) is 4.79 Å². The first kappa shape index (κ1) is 9.76. The number of allylic oxidation sites excluding steroid dienone is 1. The minimum atomic E-state index is -0.465. The molecule has 0 radical (unpaired) electrons. The summed E-state index contributed by atoms with van der Waals surface area (Å²) in [6.07, 6.45) is 3.35. The lowest BCUT2D eigenvalue weighted by Crippen LogP contribution is -2.31. The Morgan fingerprint density at radius 3 is 2.80 bits per heavy atom. The van der Waals surface area contributed by atoms with Crippen LogP contribution in [0, 0.1) is 5.92 Å². The van der Waals surface area contributed by atoms with Gasteiger partial charge in [0.1, 0.15) is 5.92 Å². The third-order valence-corrected chi connectivity index (χ3v) is 2.31. The third-order valence-electron chi connectivity index (χ3n) is 2.31. The Balaban J connectivity index is 2.38. The molecule has 0 bridgehead atoms. The molecule has 0 aromatic rings. The minimum absolute atomic E-state index is 0.0777. The maximum absolute atomic E-state index is 11.4. The second-order valence-electron chi connectivity index (χ2n) is 3.10. The molecule has 0 N–H and O–H groups in total. The summed E-state index contributed by atoms with van der Waals surface area (Å²) in [6, 6.07) is 0. The van der Waals surface area contributed by atoms with Crippen molar-refractivity contribution < 1.29 is 19.0 Å². The Hall–Kier alpha value is -1.78. The highest BCUT2D eigenvalue weighted by atomic mass is 16.5. The van der Waals surface area contributed by atoms with E-state index in [1.165, 1.54) is 7.11 Å². The van der Waals surface area contributed by atoms with Gasteiger partial charge in [0.05, 0.1) is 19.9 Å². The van der Waals surface area contributed by atoms with Crippen LogP contribution in [0.3, 0.4) is 0 Å². The molecular formula is C10H11NO4. The van der Waals surface area contributed by atoms with Crippen LogP contribution < -0.4 is 0 Å². The highest BCUT2D eigenvalue weighted by molar-refractivity contribution is 6.12. The number of rotatable bonds is 2. The summed E-state index contributed by atoms with van der Waals surface area (Å²) in [7, 11) is 3.07. The molecule has 0 fully saturated rings. The van der Waals surface area contributed by atoms with Gasteiger partial charge in [-0.25, -0.2) is 4.99 Å². The van der Waals surface area contributed by atoms with Crippen LogP contribution in [0.1, 0.15) is 0 Å². The van der Waals surface area contributed by atoms with Gasteiger partial charge in [0.15, 0.2) is 18.2 Å². The molecule has 0 aromatic heterocycles. The zero-order valence-corrected chi connectivity index (χ0v) is 8.52. The van der Waals surface area contributed by atoms with Crippen molar-refractivity contribution in [2.75, 3.05) is 21.0 Å². The lowest BCUT2D eigenvalue weighted by molar-refractivity contribution is -0.145. The van der Waals surface area contributed by atoms with Crippen molar-refractivity contribution in [1.29, 1.82) is 0 Å². The Morgan fingerprint density at radius 2 is 2.13 bits per heavy atom. The molecule has 2 rings (SSSR count). The fourth-order valence-corrected chi connectivity index (χ4v) is 1.54. The van der Waals surface area contributed by atoms with Gasteiger partial charge in [-0.1, -0.05) is 0 Å². The smallest absolute Gasteiger partial charge is 0.320 e. The molecule has 15 heavy (non-hydrogen) atoms. The van der Waals surface area contributed by atoms with Crippen molar-refractivity contribution in [3.63, 3.8) is 0 Å². The molecule has 1 aliphatic heterocycles. The zero-order chi connectivity index (χ0) is 10.8. The van der Waals surface area contributed by atoms with E-state index in [2.05, 4.69) is 4.99 Å². The average Bonchev–Trinajstić information content (AvgIpc) is 2.28. The van der Waals surface area contributed by atoms with Crippen molar-refractivity contribution in [2.24, 2.45) is 10.9 Å². The molecule has 5 heteroatoms. The summed E-state index contributed by atoms with van der Waals surface area (Å²) in [4.78, 5) is 15.5. The summed E-state index contributed by atoms with van der Waals surface area (Å²) < 4.78 is 15.0. The van der Waals surface area contributed by atoms with E-state index in [1.807, 2.05) is 0 Å². The number of carbonyl (C=O) groups excluding carboxylic acids is 1. The highest BCUT2D eigenvalue weighted by Gasteiger charge is 2.31. The van der Waals surface area contributed by atoms with Gasteiger partial charge in [0, 0.05) is 6.08 Å². The Bertz CT molecular complexity index is 381. The van der Waals surface area contributed by atoms with E-state index in [4.69, 9.17) is 14.2 Å². The minimum Gasteiger partial charge on any atom is -0.493 e. The molecule has 80 valence electrons. The number of hydrogen-bond donors (Lipinski definition) is 0. The van der Waals surface area contributed by atoms with Crippen molar-refractivity contribution in [1.82, 2.24) is 0 Å². The highest BCUT2D eigenvalue weighted by Crippen LogP contribution is 2.25. The predicted octanol–water partition coefficient (Wildman–Crippen LogP) is 0.632. The van der Waals surface area contributed by atoms with E-state index >= 15 is 0 Å². The monoisotopic (exact) mass is 209 g/mol. The first-order valence-corrected chi connectivity index (χ1v) is 4.49. The van der Waals surface area contributed by atoms with Crippen LogP contribution in [0.5, 0.6) is 0 Å². The van der Waals surface area contributed by atoms with E-state index < -0.39 is 5.92 Å². The lowest BCUT2D eigenvalue weighted by Gasteiger charge is -2.23. The molecular weight excluding hydrogens is 198 g/mol. The van der Waals surface area contributed by atoms with Crippen LogP contribution in [0.25, 0.3) is 0 Å². The van der Waals surface area contributed by atoms with Crippen molar-refractivity contribution in [3.05, 3.63) is 23.7 Å². The number of ether oxygens (including phenoxy) is 3. The fraction of sp³-hybridized carbons (Fsp3) is 0.400. The summed E-state index contributed by atoms with van der Waals surface area (Å²) in [5, 5.41) is 0. The summed E-state index contributed by atoms with van der Waals surface area (Å²) in [5.41, 5.74) is 0.656. The molecule has 1 aliphatic carbocycles. The number of aliphatic imine (C=N–C) groups is 1. The zero-order valence-electron chi connectivity index (χ0n) is 8.52. The summed E-state index contributed by atoms with van der Waals surface area (Å²) in [5.74, 6) is 0.330.